The summed E-state index contributed by atoms with van der Waals surface area (Å²) in [4.78, 5) is 4.46. The van der Waals surface area contributed by atoms with Crippen LogP contribution in [0.15, 0.2) is 23.7 Å². The van der Waals surface area contributed by atoms with Crippen molar-refractivity contribution in [2.24, 2.45) is 0 Å². The summed E-state index contributed by atoms with van der Waals surface area (Å²) in [5.41, 5.74) is 3.56. The average Bonchev–Trinajstić information content (AvgIpc) is 2.04. The van der Waals surface area contributed by atoms with E-state index in [-0.39, 0.29) is 5.41 Å². The van der Waals surface area contributed by atoms with Crippen molar-refractivity contribution in [3.63, 3.8) is 0 Å². The molecule has 0 aromatic carbocycles. The fraction of sp³-hybridized carbons (Fsp3) is 0.364. The van der Waals surface area contributed by atoms with E-state index in [1.54, 1.807) is 6.08 Å². The minimum absolute atomic E-state index is 0.0934. The van der Waals surface area contributed by atoms with Crippen molar-refractivity contribution < 1.29 is 0 Å². The third-order valence-electron chi connectivity index (χ3n) is 1.77. The Morgan fingerprint density at radius 3 is 2.54 bits per heavy atom. The Hall–Kier alpha value is -0.820. The van der Waals surface area contributed by atoms with Gasteiger partial charge in [0.1, 0.15) is 0 Å². The maximum Gasteiger partial charge on any atom is 0.0641 e. The molecule has 70 valence electrons. The quantitative estimate of drug-likeness (QED) is 0.668. The lowest BCUT2D eigenvalue weighted by Gasteiger charge is -2.17. The first kappa shape index (κ1) is 10.3. The van der Waals surface area contributed by atoms with Crippen LogP contribution in [0.5, 0.6) is 0 Å². The molecule has 0 radical (unpaired) electrons. The Kier molecular flexibility index (Phi) is 3.10. The summed E-state index contributed by atoms with van der Waals surface area (Å²) in [6, 6.07) is 5.97. The van der Waals surface area contributed by atoms with Gasteiger partial charge in [-0.1, -0.05) is 38.4 Å². The van der Waals surface area contributed by atoms with Crippen molar-refractivity contribution in [3.05, 3.63) is 35.1 Å². The summed E-state index contributed by atoms with van der Waals surface area (Å²) in [7, 11) is 0. The van der Waals surface area contributed by atoms with Crippen molar-refractivity contribution in [2.45, 2.75) is 26.2 Å². The van der Waals surface area contributed by atoms with Crippen LogP contribution in [0.1, 0.15) is 32.2 Å². The molecule has 2 heteroatoms. The van der Waals surface area contributed by atoms with Crippen LogP contribution < -0.4 is 0 Å². The second-order valence-electron chi connectivity index (χ2n) is 3.99. The van der Waals surface area contributed by atoms with Gasteiger partial charge in [0.05, 0.1) is 5.69 Å². The highest BCUT2D eigenvalue weighted by Gasteiger charge is 2.14. The summed E-state index contributed by atoms with van der Waals surface area (Å²) < 4.78 is 0. The van der Waals surface area contributed by atoms with Gasteiger partial charge in [-0.3, -0.25) is 4.98 Å². The van der Waals surface area contributed by atoms with E-state index in [2.05, 4.69) is 25.8 Å². The lowest BCUT2D eigenvalue weighted by molar-refractivity contribution is 0.568. The molecule has 0 saturated carbocycles. The van der Waals surface area contributed by atoms with Gasteiger partial charge in [0.15, 0.2) is 0 Å². The predicted molar refractivity (Wildman–Crippen MR) is 57.8 cm³/mol. The van der Waals surface area contributed by atoms with Gasteiger partial charge >= 0.3 is 0 Å². The Labute approximate surface area is 84.5 Å². The average molecular weight is 196 g/mol. The lowest BCUT2D eigenvalue weighted by atomic mass is 9.91. The summed E-state index contributed by atoms with van der Waals surface area (Å²) >= 11 is 5.48. The van der Waals surface area contributed by atoms with E-state index in [0.717, 1.165) is 11.4 Å². The monoisotopic (exact) mass is 195 g/mol. The summed E-state index contributed by atoms with van der Waals surface area (Å²) in [6.07, 6.45) is 1.79. The third-order valence-corrected chi connectivity index (χ3v) is 1.90. The van der Waals surface area contributed by atoms with E-state index in [1.165, 1.54) is 5.54 Å². The highest BCUT2D eigenvalue weighted by atomic mass is 35.5. The van der Waals surface area contributed by atoms with Gasteiger partial charge in [-0.2, -0.15) is 0 Å². The van der Waals surface area contributed by atoms with Crippen LogP contribution in [0.3, 0.4) is 0 Å². The Morgan fingerprint density at radius 1 is 1.31 bits per heavy atom. The van der Waals surface area contributed by atoms with Crippen LogP contribution in [0.4, 0.5) is 0 Å². The molecule has 0 saturated heterocycles. The molecule has 0 spiro atoms. The highest BCUT2D eigenvalue weighted by molar-refractivity contribution is 6.27. The van der Waals surface area contributed by atoms with Gasteiger partial charge in [0.25, 0.3) is 0 Å². The van der Waals surface area contributed by atoms with Gasteiger partial charge in [0, 0.05) is 16.6 Å². The standard InChI is InChI=1S/C11H14ClN/c1-11(2,3)10-6-4-5-9(13-10)7-8-12/h4-8H,1-3H3/b8-7-. The van der Waals surface area contributed by atoms with Crippen molar-refractivity contribution >= 4 is 17.7 Å². The predicted octanol–water partition coefficient (Wildman–Crippen LogP) is 3.59. The number of halogens is 1. The molecule has 0 unspecified atom stereocenters. The van der Waals surface area contributed by atoms with Gasteiger partial charge in [0.2, 0.25) is 0 Å². The van der Waals surface area contributed by atoms with Crippen LogP contribution in [-0.2, 0) is 5.41 Å². The topological polar surface area (TPSA) is 12.9 Å². The summed E-state index contributed by atoms with van der Waals surface area (Å²) in [6.45, 7) is 6.43. The number of hydrogen-bond acceptors (Lipinski definition) is 1. The molecule has 1 rings (SSSR count). The normalized spacial score (nSPS) is 12.3. The largest absolute Gasteiger partial charge is 0.253 e. The summed E-state index contributed by atoms with van der Waals surface area (Å²) in [5.74, 6) is 0. The zero-order valence-corrected chi connectivity index (χ0v) is 8.97. The van der Waals surface area contributed by atoms with Crippen LogP contribution >= 0.6 is 11.6 Å². The second-order valence-corrected chi connectivity index (χ2v) is 4.24. The first-order valence-electron chi connectivity index (χ1n) is 4.28. The van der Waals surface area contributed by atoms with Gasteiger partial charge < -0.3 is 0 Å². The molecule has 0 N–H and O–H groups in total. The van der Waals surface area contributed by atoms with E-state index in [1.807, 2.05) is 18.2 Å². The molecule has 0 bridgehead atoms. The molecular weight excluding hydrogens is 182 g/mol. The molecule has 0 fully saturated rings. The minimum Gasteiger partial charge on any atom is -0.253 e. The molecule has 0 amide bonds. The number of hydrogen-bond donors (Lipinski definition) is 0. The molecule has 0 aliphatic heterocycles. The Balaban J connectivity index is 3.05. The minimum atomic E-state index is 0.0934. The fourth-order valence-electron chi connectivity index (χ4n) is 1.03. The van der Waals surface area contributed by atoms with Gasteiger partial charge in [-0.15, -0.1) is 0 Å². The SMILES string of the molecule is CC(C)(C)c1cccc(/C=C\Cl)n1. The molecule has 0 aliphatic rings. The maximum atomic E-state index is 5.48. The van der Waals surface area contributed by atoms with E-state index >= 15 is 0 Å². The van der Waals surface area contributed by atoms with E-state index in [4.69, 9.17) is 11.6 Å². The Bertz CT molecular complexity index is 310. The number of rotatable bonds is 1. The zero-order valence-electron chi connectivity index (χ0n) is 8.21. The van der Waals surface area contributed by atoms with Gasteiger partial charge in [-0.25, -0.2) is 0 Å². The van der Waals surface area contributed by atoms with Crippen molar-refractivity contribution in [3.8, 4) is 0 Å². The molecule has 0 atom stereocenters. The molecule has 13 heavy (non-hydrogen) atoms. The number of pyridine rings is 1. The maximum absolute atomic E-state index is 5.48. The Morgan fingerprint density at radius 2 is 2.00 bits per heavy atom. The van der Waals surface area contributed by atoms with Crippen molar-refractivity contribution in [1.82, 2.24) is 4.98 Å². The van der Waals surface area contributed by atoms with Crippen LogP contribution in [-0.4, -0.2) is 4.98 Å². The number of nitrogens with zero attached hydrogens (tertiary/aromatic N) is 1. The summed E-state index contributed by atoms with van der Waals surface area (Å²) in [5, 5.41) is 0. The molecule has 1 aromatic heterocycles. The first-order chi connectivity index (χ1) is 6.04. The molecule has 0 aliphatic carbocycles. The van der Waals surface area contributed by atoms with Crippen LogP contribution in [0.25, 0.3) is 6.08 Å². The van der Waals surface area contributed by atoms with Crippen LogP contribution in [0, 0.1) is 0 Å². The van der Waals surface area contributed by atoms with E-state index in [0.29, 0.717) is 0 Å². The van der Waals surface area contributed by atoms with Crippen molar-refractivity contribution in [2.75, 3.05) is 0 Å². The van der Waals surface area contributed by atoms with E-state index < -0.39 is 0 Å². The highest BCUT2D eigenvalue weighted by Crippen LogP contribution is 2.20. The molecular formula is C11H14ClN. The van der Waals surface area contributed by atoms with Crippen molar-refractivity contribution in [1.29, 1.82) is 0 Å². The third kappa shape index (κ3) is 2.85. The molecule has 1 nitrogen and oxygen atoms in total. The molecule has 1 heterocycles. The lowest BCUT2D eigenvalue weighted by Crippen LogP contribution is -2.13. The second kappa shape index (κ2) is 3.93. The first-order valence-corrected chi connectivity index (χ1v) is 4.72. The van der Waals surface area contributed by atoms with Gasteiger partial charge in [-0.05, 0) is 18.2 Å². The van der Waals surface area contributed by atoms with E-state index in [9.17, 15) is 0 Å². The smallest absolute Gasteiger partial charge is 0.0641 e. The molecule has 1 aromatic rings. The zero-order chi connectivity index (χ0) is 9.90. The number of aromatic nitrogens is 1. The fourth-order valence-corrected chi connectivity index (χ4v) is 1.16. The van der Waals surface area contributed by atoms with Crippen LogP contribution in [0.2, 0.25) is 0 Å².